The molecule has 6 radical (unpaired) electrons. The van der Waals surface area contributed by atoms with E-state index in [0.29, 0.717) is 42.5 Å². The predicted molar refractivity (Wildman–Crippen MR) is 147 cm³/mol. The summed E-state index contributed by atoms with van der Waals surface area (Å²) in [5.41, 5.74) is 1.16. The molecule has 37 heavy (non-hydrogen) atoms. The molecule has 0 bridgehead atoms. The number of anilines is 4. The fourth-order valence-electron chi connectivity index (χ4n) is 4.89. The van der Waals surface area contributed by atoms with Gasteiger partial charge in [-0.2, -0.15) is 4.98 Å². The maximum absolute atomic E-state index is 14.7. The van der Waals surface area contributed by atoms with Crippen molar-refractivity contribution in [2.24, 2.45) is 0 Å². The molecule has 2 fully saturated rings. The van der Waals surface area contributed by atoms with Crippen LogP contribution < -0.4 is 15.1 Å². The summed E-state index contributed by atoms with van der Waals surface area (Å²) < 4.78 is 20.0. The maximum atomic E-state index is 14.7. The zero-order valence-corrected chi connectivity index (χ0v) is 21.4. The third-order valence-corrected chi connectivity index (χ3v) is 7.01. The number of piperidine rings is 1. The molecule has 0 amide bonds. The third kappa shape index (κ3) is 5.54. The second-order valence-corrected chi connectivity index (χ2v) is 10.3. The third-order valence-electron chi connectivity index (χ3n) is 7.01. The number of fused-ring (bicyclic) bond motifs is 1. The minimum atomic E-state index is -1.87. The molecule has 5 rings (SSSR count). The highest BCUT2D eigenvalue weighted by Crippen LogP contribution is 2.35. The van der Waals surface area contributed by atoms with Gasteiger partial charge in [0.15, 0.2) is 0 Å². The smallest absolute Gasteiger partial charge is 0.227 e. The number of aromatic nitrogens is 4. The van der Waals surface area contributed by atoms with E-state index in [1.54, 1.807) is 17.2 Å². The molecule has 12 heteroatoms. The van der Waals surface area contributed by atoms with Crippen LogP contribution in [0.15, 0.2) is 30.7 Å². The number of pyridine rings is 2. The average molecular weight is 495 g/mol. The first-order chi connectivity index (χ1) is 17.6. The van der Waals surface area contributed by atoms with Crippen molar-refractivity contribution in [3.63, 3.8) is 0 Å². The Balaban J connectivity index is 1.36. The first-order valence-electron chi connectivity index (χ1n) is 12.7. The summed E-state index contributed by atoms with van der Waals surface area (Å²) >= 11 is 0. The highest BCUT2D eigenvalue weighted by atomic mass is 19.1. The van der Waals surface area contributed by atoms with Gasteiger partial charge in [-0.25, -0.2) is 19.3 Å². The SMILES string of the molecule is [B]C([B])([B])OC1CCN(c2nccc(Nc3cc4c(C(C)C)cnc(N5CCC5C)c4cn3)n2)CC1F. The Hall–Kier alpha value is -2.88. The lowest BCUT2D eigenvalue weighted by molar-refractivity contribution is -0.0185. The highest BCUT2D eigenvalue weighted by molar-refractivity contribution is 6.58. The number of rotatable bonds is 7. The van der Waals surface area contributed by atoms with Crippen LogP contribution in [0.1, 0.15) is 45.1 Å². The van der Waals surface area contributed by atoms with Gasteiger partial charge in [0, 0.05) is 43.1 Å². The average Bonchev–Trinajstić information content (AvgIpc) is 2.83. The predicted octanol–water partition coefficient (Wildman–Crippen LogP) is 2.94. The number of nitrogens with one attached hydrogen (secondary N) is 1. The van der Waals surface area contributed by atoms with Crippen LogP contribution in [0.4, 0.5) is 27.8 Å². The van der Waals surface area contributed by atoms with Crippen molar-refractivity contribution in [3.8, 4) is 0 Å². The second-order valence-electron chi connectivity index (χ2n) is 10.3. The van der Waals surface area contributed by atoms with Crippen LogP contribution in [0.3, 0.4) is 0 Å². The lowest BCUT2D eigenvalue weighted by Crippen LogP contribution is -2.50. The van der Waals surface area contributed by atoms with E-state index in [9.17, 15) is 4.39 Å². The summed E-state index contributed by atoms with van der Waals surface area (Å²) in [6, 6.07) is 4.27. The number of nitrogens with zero attached hydrogens (tertiary/aromatic N) is 6. The molecule has 3 unspecified atom stereocenters. The molecule has 186 valence electrons. The monoisotopic (exact) mass is 495 g/mol. The molecule has 0 spiro atoms. The van der Waals surface area contributed by atoms with Crippen LogP contribution >= 0.6 is 0 Å². The van der Waals surface area contributed by atoms with E-state index in [-0.39, 0.29) is 6.54 Å². The lowest BCUT2D eigenvalue weighted by Gasteiger charge is -2.40. The quantitative estimate of drug-likeness (QED) is 0.502. The summed E-state index contributed by atoms with van der Waals surface area (Å²) in [5, 5.41) is 3.57. The van der Waals surface area contributed by atoms with E-state index in [1.807, 2.05) is 18.5 Å². The molecule has 3 aromatic heterocycles. The van der Waals surface area contributed by atoms with Gasteiger partial charge in [0.25, 0.3) is 0 Å². The van der Waals surface area contributed by atoms with Crippen LogP contribution in [0.2, 0.25) is 0 Å². The fourth-order valence-corrected chi connectivity index (χ4v) is 4.89. The minimum Gasteiger partial charge on any atom is -0.396 e. The van der Waals surface area contributed by atoms with Crippen LogP contribution in [0, 0.1) is 0 Å². The number of ether oxygens (including phenoxy) is 1. The molecule has 5 heterocycles. The Morgan fingerprint density at radius 2 is 1.89 bits per heavy atom. The van der Waals surface area contributed by atoms with Gasteiger partial charge in [0.2, 0.25) is 5.95 Å². The number of hydrogen-bond donors (Lipinski definition) is 1. The molecule has 2 aliphatic heterocycles. The van der Waals surface area contributed by atoms with Gasteiger partial charge in [0.05, 0.1) is 36.2 Å². The molecule has 1 N–H and O–H groups in total. The Kier molecular flexibility index (Phi) is 7.04. The van der Waals surface area contributed by atoms with Gasteiger partial charge in [-0.1, -0.05) is 13.8 Å². The molecule has 0 aliphatic carbocycles. The molecule has 8 nitrogen and oxygen atoms in total. The summed E-state index contributed by atoms with van der Waals surface area (Å²) in [6.07, 6.45) is 4.89. The molecular formula is C25H29B3FN7O. The standard InChI is InChI=1S/C25H29B3FN7O/c1-14(2)17-11-32-23(36-9-5-15(36)3)18-12-31-22(10-16(17)18)33-21-4-7-30-24(34-21)35-8-6-20(19(29)13-35)37-25(26,27)28/h4,7,10-12,14-15,19-20H,5-6,8-9,13H2,1-3H3,(H,30,31,33,34). The van der Waals surface area contributed by atoms with Crippen molar-refractivity contribution in [2.45, 2.75) is 63.1 Å². The van der Waals surface area contributed by atoms with Crippen LogP contribution in [-0.4, -0.2) is 86.7 Å². The summed E-state index contributed by atoms with van der Waals surface area (Å²) in [7, 11) is 16.4. The molecule has 2 saturated heterocycles. The van der Waals surface area contributed by atoms with E-state index in [1.165, 1.54) is 6.42 Å². The Labute approximate surface area is 221 Å². The Morgan fingerprint density at radius 3 is 2.54 bits per heavy atom. The van der Waals surface area contributed by atoms with Crippen molar-refractivity contribution in [1.82, 2.24) is 19.9 Å². The molecular weight excluding hydrogens is 466 g/mol. The number of alkyl halides is 1. The molecule has 0 saturated carbocycles. The van der Waals surface area contributed by atoms with Crippen molar-refractivity contribution < 1.29 is 9.13 Å². The second kappa shape index (κ2) is 10.1. The topological polar surface area (TPSA) is 79.3 Å². The summed E-state index contributed by atoms with van der Waals surface area (Å²) in [6.45, 7) is 8.05. The van der Waals surface area contributed by atoms with Gasteiger partial charge in [-0.05, 0) is 54.1 Å². The van der Waals surface area contributed by atoms with Crippen LogP contribution in [0.5, 0.6) is 0 Å². The van der Waals surface area contributed by atoms with Crippen LogP contribution in [-0.2, 0) is 4.74 Å². The lowest BCUT2D eigenvalue weighted by atomic mass is 9.52. The zero-order chi connectivity index (χ0) is 26.3. The largest absolute Gasteiger partial charge is 0.396 e. The molecule has 3 atom stereocenters. The van der Waals surface area contributed by atoms with Crippen molar-refractivity contribution in [2.75, 3.05) is 34.8 Å². The van der Waals surface area contributed by atoms with E-state index in [0.717, 1.165) is 28.7 Å². The van der Waals surface area contributed by atoms with Crippen LogP contribution in [0.25, 0.3) is 10.8 Å². The maximum Gasteiger partial charge on any atom is 0.227 e. The first-order valence-corrected chi connectivity index (χ1v) is 12.7. The van der Waals surface area contributed by atoms with Crippen molar-refractivity contribution in [1.29, 1.82) is 0 Å². The van der Waals surface area contributed by atoms with Gasteiger partial charge in [0.1, 0.15) is 23.6 Å². The molecule has 0 aromatic carbocycles. The van der Waals surface area contributed by atoms with E-state index in [4.69, 9.17) is 33.3 Å². The minimum absolute atomic E-state index is 0.0425. The molecule has 3 aromatic rings. The van der Waals surface area contributed by atoms with Gasteiger partial charge in [-0.15, -0.1) is 0 Å². The molecule has 2 aliphatic rings. The van der Waals surface area contributed by atoms with Gasteiger partial charge in [-0.3, -0.25) is 0 Å². The van der Waals surface area contributed by atoms with E-state index < -0.39 is 17.6 Å². The van der Waals surface area contributed by atoms with E-state index >= 15 is 0 Å². The van der Waals surface area contributed by atoms with E-state index in [2.05, 4.69) is 45.9 Å². The van der Waals surface area contributed by atoms with Gasteiger partial charge >= 0.3 is 0 Å². The van der Waals surface area contributed by atoms with Gasteiger partial charge < -0.3 is 19.9 Å². The van der Waals surface area contributed by atoms with Crippen molar-refractivity contribution >= 4 is 57.7 Å². The number of halogens is 1. The Bertz CT molecular complexity index is 1270. The van der Waals surface area contributed by atoms with Crippen molar-refractivity contribution in [3.05, 3.63) is 36.3 Å². The highest BCUT2D eigenvalue weighted by Gasteiger charge is 2.33. The summed E-state index contributed by atoms with van der Waals surface area (Å²) in [5.74, 6) is 2.92. The zero-order valence-electron chi connectivity index (χ0n) is 21.4. The Morgan fingerprint density at radius 1 is 1.08 bits per heavy atom. The normalized spacial score (nSPS) is 22.4. The summed E-state index contributed by atoms with van der Waals surface area (Å²) in [4.78, 5) is 22.5. The fraction of sp³-hybridized carbons (Fsp3) is 0.520. The number of hydrogen-bond acceptors (Lipinski definition) is 8. The first kappa shape index (κ1) is 25.8.